The molecule has 0 unspecified atom stereocenters. The number of nitrogens with zero attached hydrogens (tertiary/aromatic N) is 1. The summed E-state index contributed by atoms with van der Waals surface area (Å²) in [5.41, 5.74) is 2.25. The molecule has 0 radical (unpaired) electrons. The lowest BCUT2D eigenvalue weighted by Crippen LogP contribution is -2.37. The molecule has 2 fully saturated rings. The highest BCUT2D eigenvalue weighted by molar-refractivity contribution is 5.25. The fourth-order valence-electron chi connectivity index (χ4n) is 3.07. The molecular formula is C17H25FN2. The highest BCUT2D eigenvalue weighted by Crippen LogP contribution is 2.30. The van der Waals surface area contributed by atoms with Crippen LogP contribution in [0.25, 0.3) is 0 Å². The Balaban J connectivity index is 1.69. The zero-order chi connectivity index (χ0) is 14.2. The number of hydrogen-bond acceptors (Lipinski definition) is 2. The second-order valence-corrected chi connectivity index (χ2v) is 6.92. The van der Waals surface area contributed by atoms with E-state index in [0.29, 0.717) is 6.04 Å². The maximum absolute atomic E-state index is 14.0. The summed E-state index contributed by atoms with van der Waals surface area (Å²) in [5, 5.41) is 3.49. The van der Waals surface area contributed by atoms with Crippen molar-refractivity contribution in [3.05, 3.63) is 35.1 Å². The maximum Gasteiger partial charge on any atom is 0.127 e. The molecule has 1 aromatic carbocycles. The molecule has 0 atom stereocenters. The Morgan fingerprint density at radius 3 is 2.80 bits per heavy atom. The summed E-state index contributed by atoms with van der Waals surface area (Å²) in [4.78, 5) is 2.41. The molecule has 0 bridgehead atoms. The smallest absolute Gasteiger partial charge is 0.127 e. The van der Waals surface area contributed by atoms with Gasteiger partial charge in [-0.25, -0.2) is 4.39 Å². The van der Waals surface area contributed by atoms with Gasteiger partial charge in [0.15, 0.2) is 0 Å². The van der Waals surface area contributed by atoms with Crippen LogP contribution in [-0.2, 0) is 13.1 Å². The van der Waals surface area contributed by atoms with Crippen molar-refractivity contribution in [1.82, 2.24) is 10.2 Å². The third-order valence-electron chi connectivity index (χ3n) is 4.72. The van der Waals surface area contributed by atoms with E-state index >= 15 is 0 Å². The van der Waals surface area contributed by atoms with E-state index in [2.05, 4.69) is 24.1 Å². The van der Waals surface area contributed by atoms with Gasteiger partial charge >= 0.3 is 0 Å². The number of nitrogens with one attached hydrogen (secondary N) is 1. The Hall–Kier alpha value is -0.930. The predicted molar refractivity (Wildman–Crippen MR) is 80.0 cm³/mol. The van der Waals surface area contributed by atoms with Crippen molar-refractivity contribution in [2.75, 3.05) is 6.54 Å². The van der Waals surface area contributed by atoms with E-state index < -0.39 is 0 Å². The maximum atomic E-state index is 14.0. The Bertz CT molecular complexity index is 480. The number of halogens is 1. The fraction of sp³-hybridized carbons (Fsp3) is 0.647. The number of benzene rings is 1. The molecule has 1 saturated heterocycles. The van der Waals surface area contributed by atoms with Crippen LogP contribution >= 0.6 is 0 Å². The van der Waals surface area contributed by atoms with Crippen molar-refractivity contribution in [3.8, 4) is 0 Å². The molecule has 0 spiro atoms. The lowest BCUT2D eigenvalue weighted by Gasteiger charge is -2.31. The van der Waals surface area contributed by atoms with Crippen LogP contribution in [0, 0.1) is 5.82 Å². The summed E-state index contributed by atoms with van der Waals surface area (Å²) in [6.07, 6.45) is 5.00. The summed E-state index contributed by atoms with van der Waals surface area (Å²) in [6.45, 7) is 7.20. The van der Waals surface area contributed by atoms with Crippen molar-refractivity contribution < 1.29 is 4.39 Å². The summed E-state index contributed by atoms with van der Waals surface area (Å²) in [5.74, 6) is -0.0668. The van der Waals surface area contributed by atoms with Gasteiger partial charge in [0.25, 0.3) is 0 Å². The van der Waals surface area contributed by atoms with E-state index in [4.69, 9.17) is 0 Å². The van der Waals surface area contributed by atoms with Crippen molar-refractivity contribution in [3.63, 3.8) is 0 Å². The summed E-state index contributed by atoms with van der Waals surface area (Å²) in [7, 11) is 0. The summed E-state index contributed by atoms with van der Waals surface area (Å²) < 4.78 is 14.0. The molecule has 1 aromatic rings. The van der Waals surface area contributed by atoms with Gasteiger partial charge < -0.3 is 5.32 Å². The largest absolute Gasteiger partial charge is 0.310 e. The molecule has 2 nitrogen and oxygen atoms in total. The number of likely N-dealkylation sites (tertiary alicyclic amines) is 1. The topological polar surface area (TPSA) is 15.3 Å². The first-order valence-electron chi connectivity index (χ1n) is 7.80. The van der Waals surface area contributed by atoms with Crippen LogP contribution < -0.4 is 5.32 Å². The van der Waals surface area contributed by atoms with Gasteiger partial charge in [0.2, 0.25) is 0 Å². The van der Waals surface area contributed by atoms with Gasteiger partial charge in [-0.1, -0.05) is 12.1 Å². The van der Waals surface area contributed by atoms with Gasteiger partial charge in [-0.15, -0.1) is 0 Å². The molecule has 20 heavy (non-hydrogen) atoms. The van der Waals surface area contributed by atoms with Crippen LogP contribution in [0.15, 0.2) is 18.2 Å². The average molecular weight is 276 g/mol. The molecule has 1 aliphatic carbocycles. The van der Waals surface area contributed by atoms with Crippen LogP contribution in [0.1, 0.15) is 50.7 Å². The van der Waals surface area contributed by atoms with E-state index in [1.54, 1.807) is 6.07 Å². The summed E-state index contributed by atoms with van der Waals surface area (Å²) in [6, 6.07) is 6.27. The van der Waals surface area contributed by atoms with Crippen molar-refractivity contribution in [1.29, 1.82) is 0 Å². The minimum absolute atomic E-state index is 0.0668. The van der Waals surface area contributed by atoms with Gasteiger partial charge in [-0.2, -0.15) is 0 Å². The molecule has 0 aromatic heterocycles. The molecule has 110 valence electrons. The normalized spacial score (nSPS) is 22.4. The van der Waals surface area contributed by atoms with Crippen molar-refractivity contribution in [2.45, 2.75) is 64.2 Å². The standard InChI is InChI=1S/C17H25FN2/c1-17(2)8-3-9-20(17)12-14-10-13(4-7-16(14)18)11-19-15-5-6-15/h4,7,10,15,19H,3,5-6,8-9,11-12H2,1-2H3. The molecule has 1 N–H and O–H groups in total. The molecule has 0 amide bonds. The second-order valence-electron chi connectivity index (χ2n) is 6.92. The van der Waals surface area contributed by atoms with Gasteiger partial charge in [0.1, 0.15) is 5.82 Å². The van der Waals surface area contributed by atoms with Crippen LogP contribution in [0.2, 0.25) is 0 Å². The third-order valence-corrected chi connectivity index (χ3v) is 4.72. The van der Waals surface area contributed by atoms with E-state index in [9.17, 15) is 4.39 Å². The fourth-order valence-corrected chi connectivity index (χ4v) is 3.07. The van der Waals surface area contributed by atoms with Crippen LogP contribution in [0.5, 0.6) is 0 Å². The average Bonchev–Trinajstić information content (AvgIpc) is 3.16. The predicted octanol–water partition coefficient (Wildman–Crippen LogP) is 3.45. The highest BCUT2D eigenvalue weighted by atomic mass is 19.1. The van der Waals surface area contributed by atoms with Gasteiger partial charge in [-0.05, 0) is 57.7 Å². The Kier molecular flexibility index (Phi) is 3.83. The lowest BCUT2D eigenvalue weighted by molar-refractivity contribution is 0.164. The summed E-state index contributed by atoms with van der Waals surface area (Å²) >= 11 is 0. The molecule has 1 heterocycles. The van der Waals surface area contributed by atoms with E-state index in [1.807, 2.05) is 12.1 Å². The minimum Gasteiger partial charge on any atom is -0.310 e. The Morgan fingerprint density at radius 1 is 1.35 bits per heavy atom. The van der Waals surface area contributed by atoms with Crippen LogP contribution in [-0.4, -0.2) is 23.0 Å². The molecule has 2 aliphatic rings. The zero-order valence-corrected chi connectivity index (χ0v) is 12.6. The SMILES string of the molecule is CC1(C)CCCN1Cc1cc(CNC2CC2)ccc1F. The Morgan fingerprint density at radius 2 is 2.15 bits per heavy atom. The van der Waals surface area contributed by atoms with Gasteiger partial charge in [-0.3, -0.25) is 4.90 Å². The second kappa shape index (κ2) is 5.45. The first kappa shape index (κ1) is 14.0. The zero-order valence-electron chi connectivity index (χ0n) is 12.6. The van der Waals surface area contributed by atoms with Gasteiger partial charge in [0.05, 0.1) is 0 Å². The van der Waals surface area contributed by atoms with E-state index in [-0.39, 0.29) is 11.4 Å². The van der Waals surface area contributed by atoms with Gasteiger partial charge in [0, 0.05) is 30.2 Å². The first-order valence-corrected chi connectivity index (χ1v) is 7.80. The van der Waals surface area contributed by atoms with E-state index in [0.717, 1.165) is 25.2 Å². The first-order chi connectivity index (χ1) is 9.54. The van der Waals surface area contributed by atoms with Crippen molar-refractivity contribution >= 4 is 0 Å². The molecule has 3 rings (SSSR count). The van der Waals surface area contributed by atoms with Crippen LogP contribution in [0.3, 0.4) is 0 Å². The third kappa shape index (κ3) is 3.21. The molecular weight excluding hydrogens is 251 g/mol. The number of rotatable bonds is 5. The molecule has 1 aliphatic heterocycles. The minimum atomic E-state index is -0.0668. The quantitative estimate of drug-likeness (QED) is 0.886. The van der Waals surface area contributed by atoms with Crippen LogP contribution in [0.4, 0.5) is 4.39 Å². The number of hydrogen-bond donors (Lipinski definition) is 1. The molecule has 1 saturated carbocycles. The monoisotopic (exact) mass is 276 g/mol. The lowest BCUT2D eigenvalue weighted by atomic mass is 10.0. The molecule has 3 heteroatoms. The Labute approximate surface area is 121 Å². The van der Waals surface area contributed by atoms with E-state index in [1.165, 1.54) is 31.2 Å². The highest BCUT2D eigenvalue weighted by Gasteiger charge is 2.32. The van der Waals surface area contributed by atoms with Crippen molar-refractivity contribution in [2.24, 2.45) is 0 Å².